The number of furan rings is 1. The number of nitrogens with one attached hydrogen (secondary N) is 1. The number of hydrogen-bond acceptors (Lipinski definition) is 3. The number of carboxylic acid groups (broad SMARTS) is 1. The van der Waals surface area contributed by atoms with Gasteiger partial charge in [-0.2, -0.15) is 0 Å². The Bertz CT molecular complexity index is 874. The molecule has 0 aliphatic carbocycles. The van der Waals surface area contributed by atoms with Gasteiger partial charge in [0.2, 0.25) is 0 Å². The minimum absolute atomic E-state index is 0.0436. The second-order valence-corrected chi connectivity index (χ2v) is 5.54. The summed E-state index contributed by atoms with van der Waals surface area (Å²) in [7, 11) is 0. The van der Waals surface area contributed by atoms with Crippen LogP contribution in [0, 0.1) is 5.82 Å². The number of rotatable bonds is 5. The topological polar surface area (TPSA) is 62.5 Å². The predicted octanol–water partition coefficient (Wildman–Crippen LogP) is 5.05. The lowest BCUT2D eigenvalue weighted by Crippen LogP contribution is -2.00. The molecule has 0 saturated heterocycles. The average Bonchev–Trinajstić information content (AvgIpc) is 3.05. The van der Waals surface area contributed by atoms with Crippen molar-refractivity contribution in [3.05, 3.63) is 76.8 Å². The summed E-state index contributed by atoms with van der Waals surface area (Å²) in [6.45, 7) is 0.432. The van der Waals surface area contributed by atoms with Crippen molar-refractivity contribution >= 4 is 23.3 Å². The predicted molar refractivity (Wildman–Crippen MR) is 89.8 cm³/mol. The standard InChI is InChI=1S/C18H13ClFNO3/c19-15-9-12(3-7-16(15)20)17-8-6-14(24-17)10-21-13-4-1-11(2-5-13)18(22)23/h1-9,21H,10H2,(H,22,23). The van der Waals surface area contributed by atoms with Crippen LogP contribution in [0.4, 0.5) is 10.1 Å². The van der Waals surface area contributed by atoms with E-state index in [-0.39, 0.29) is 10.6 Å². The molecule has 3 rings (SSSR count). The summed E-state index contributed by atoms with van der Waals surface area (Å²) < 4.78 is 18.9. The molecule has 0 fully saturated rings. The van der Waals surface area contributed by atoms with Gasteiger partial charge in [-0.3, -0.25) is 0 Å². The Labute approximate surface area is 142 Å². The molecule has 4 nitrogen and oxygen atoms in total. The molecule has 0 aliphatic rings. The summed E-state index contributed by atoms with van der Waals surface area (Å²) in [5.41, 5.74) is 1.70. The van der Waals surface area contributed by atoms with Gasteiger partial charge in [-0.25, -0.2) is 9.18 Å². The molecule has 0 spiro atoms. The maximum Gasteiger partial charge on any atom is 0.335 e. The van der Waals surface area contributed by atoms with Crippen LogP contribution in [0.3, 0.4) is 0 Å². The SMILES string of the molecule is O=C(O)c1ccc(NCc2ccc(-c3ccc(F)c(Cl)c3)o2)cc1. The van der Waals surface area contributed by atoms with Crippen molar-refractivity contribution in [2.24, 2.45) is 0 Å². The molecule has 1 heterocycles. The van der Waals surface area contributed by atoms with Crippen molar-refractivity contribution in [1.29, 1.82) is 0 Å². The molecule has 2 aromatic carbocycles. The number of hydrogen-bond donors (Lipinski definition) is 2. The molecule has 3 aromatic rings. The second-order valence-electron chi connectivity index (χ2n) is 5.13. The second kappa shape index (κ2) is 6.76. The number of carboxylic acids is 1. The highest BCUT2D eigenvalue weighted by molar-refractivity contribution is 6.31. The van der Waals surface area contributed by atoms with Crippen LogP contribution >= 0.6 is 11.6 Å². The lowest BCUT2D eigenvalue weighted by atomic mass is 10.2. The van der Waals surface area contributed by atoms with E-state index in [0.29, 0.717) is 23.6 Å². The van der Waals surface area contributed by atoms with Gasteiger partial charge in [-0.05, 0) is 54.6 Å². The van der Waals surface area contributed by atoms with E-state index in [4.69, 9.17) is 21.1 Å². The minimum Gasteiger partial charge on any atom is -0.478 e. The maximum absolute atomic E-state index is 13.2. The summed E-state index contributed by atoms with van der Waals surface area (Å²) in [5.74, 6) is -0.156. The third kappa shape index (κ3) is 3.58. The Morgan fingerprint density at radius 1 is 1.12 bits per heavy atom. The highest BCUT2D eigenvalue weighted by Crippen LogP contribution is 2.26. The van der Waals surface area contributed by atoms with E-state index in [1.54, 1.807) is 24.3 Å². The van der Waals surface area contributed by atoms with Gasteiger partial charge in [0.15, 0.2) is 0 Å². The fourth-order valence-electron chi connectivity index (χ4n) is 2.20. The average molecular weight is 346 g/mol. The van der Waals surface area contributed by atoms with Crippen LogP contribution in [0.1, 0.15) is 16.1 Å². The highest BCUT2D eigenvalue weighted by Gasteiger charge is 2.08. The van der Waals surface area contributed by atoms with Crippen molar-refractivity contribution in [3.8, 4) is 11.3 Å². The van der Waals surface area contributed by atoms with Crippen LogP contribution in [0.2, 0.25) is 5.02 Å². The first-order valence-corrected chi connectivity index (χ1v) is 7.52. The number of halogens is 2. The third-order valence-electron chi connectivity index (χ3n) is 3.46. The van der Waals surface area contributed by atoms with Crippen LogP contribution in [-0.2, 0) is 6.54 Å². The minimum atomic E-state index is -0.963. The summed E-state index contributed by atoms with van der Waals surface area (Å²) >= 11 is 5.78. The Kier molecular flexibility index (Phi) is 4.53. The molecule has 0 aliphatic heterocycles. The van der Waals surface area contributed by atoms with Gasteiger partial charge < -0.3 is 14.8 Å². The van der Waals surface area contributed by atoms with Crippen LogP contribution in [-0.4, -0.2) is 11.1 Å². The zero-order valence-electron chi connectivity index (χ0n) is 12.4. The highest BCUT2D eigenvalue weighted by atomic mass is 35.5. The normalized spacial score (nSPS) is 10.6. The first-order valence-electron chi connectivity index (χ1n) is 7.14. The molecule has 2 N–H and O–H groups in total. The smallest absolute Gasteiger partial charge is 0.335 e. The lowest BCUT2D eigenvalue weighted by Gasteiger charge is -2.05. The monoisotopic (exact) mass is 345 g/mol. The number of aromatic carboxylic acids is 1. The first kappa shape index (κ1) is 16.1. The van der Waals surface area contributed by atoms with Crippen LogP contribution < -0.4 is 5.32 Å². The summed E-state index contributed by atoms with van der Waals surface area (Å²) in [4.78, 5) is 10.8. The Morgan fingerprint density at radius 2 is 1.88 bits per heavy atom. The molecular weight excluding hydrogens is 333 g/mol. The van der Waals surface area contributed by atoms with Gasteiger partial charge in [-0.1, -0.05) is 11.6 Å². The van der Waals surface area contributed by atoms with Gasteiger partial charge in [0, 0.05) is 11.3 Å². The fraction of sp³-hybridized carbons (Fsp3) is 0.0556. The van der Waals surface area contributed by atoms with Crippen molar-refractivity contribution in [1.82, 2.24) is 0 Å². The molecule has 0 atom stereocenters. The van der Waals surface area contributed by atoms with E-state index < -0.39 is 11.8 Å². The van der Waals surface area contributed by atoms with E-state index in [9.17, 15) is 9.18 Å². The van der Waals surface area contributed by atoms with Crippen LogP contribution in [0.25, 0.3) is 11.3 Å². The van der Waals surface area contributed by atoms with E-state index in [1.807, 2.05) is 6.07 Å². The molecule has 24 heavy (non-hydrogen) atoms. The molecule has 0 saturated carbocycles. The van der Waals surface area contributed by atoms with Gasteiger partial charge >= 0.3 is 5.97 Å². The largest absolute Gasteiger partial charge is 0.478 e. The first-order chi connectivity index (χ1) is 11.5. The summed E-state index contributed by atoms with van der Waals surface area (Å²) in [6, 6.07) is 14.4. The van der Waals surface area contributed by atoms with E-state index >= 15 is 0 Å². The van der Waals surface area contributed by atoms with Gasteiger partial charge in [0.25, 0.3) is 0 Å². The molecule has 0 radical (unpaired) electrons. The summed E-state index contributed by atoms with van der Waals surface area (Å²) in [5, 5.41) is 12.0. The number of carbonyl (C=O) groups is 1. The Morgan fingerprint density at radius 3 is 2.54 bits per heavy atom. The molecule has 0 bridgehead atoms. The molecule has 0 unspecified atom stereocenters. The van der Waals surface area contributed by atoms with Crippen molar-refractivity contribution in [2.75, 3.05) is 5.32 Å². The van der Waals surface area contributed by atoms with Gasteiger partial charge in [-0.15, -0.1) is 0 Å². The molecule has 1 aromatic heterocycles. The van der Waals surface area contributed by atoms with E-state index in [2.05, 4.69) is 5.32 Å². The van der Waals surface area contributed by atoms with Crippen molar-refractivity contribution in [2.45, 2.75) is 6.54 Å². The molecule has 122 valence electrons. The van der Waals surface area contributed by atoms with E-state index in [1.165, 1.54) is 24.3 Å². The fourth-order valence-corrected chi connectivity index (χ4v) is 2.38. The van der Waals surface area contributed by atoms with Crippen LogP contribution in [0.15, 0.2) is 59.0 Å². The van der Waals surface area contributed by atoms with Crippen LogP contribution in [0.5, 0.6) is 0 Å². The zero-order valence-corrected chi connectivity index (χ0v) is 13.2. The quantitative estimate of drug-likeness (QED) is 0.679. The van der Waals surface area contributed by atoms with E-state index in [0.717, 1.165) is 5.69 Å². The van der Waals surface area contributed by atoms with Crippen molar-refractivity contribution < 1.29 is 18.7 Å². The Balaban J connectivity index is 1.67. The zero-order chi connectivity index (χ0) is 17.1. The lowest BCUT2D eigenvalue weighted by molar-refractivity contribution is 0.0697. The molecular formula is C18H13ClFNO3. The van der Waals surface area contributed by atoms with Gasteiger partial charge in [0.1, 0.15) is 17.3 Å². The maximum atomic E-state index is 13.2. The molecule has 0 amide bonds. The van der Waals surface area contributed by atoms with Gasteiger partial charge in [0.05, 0.1) is 17.1 Å². The number of benzene rings is 2. The summed E-state index contributed by atoms with van der Waals surface area (Å²) in [6.07, 6.45) is 0. The Hall–Kier alpha value is -2.79. The van der Waals surface area contributed by atoms with Crippen molar-refractivity contribution in [3.63, 3.8) is 0 Å². The number of anilines is 1. The molecule has 6 heteroatoms. The third-order valence-corrected chi connectivity index (χ3v) is 3.75.